The first-order valence-corrected chi connectivity index (χ1v) is 11.6. The summed E-state index contributed by atoms with van der Waals surface area (Å²) < 4.78 is 85.3. The summed E-state index contributed by atoms with van der Waals surface area (Å²) in [7, 11) is 0. The van der Waals surface area contributed by atoms with E-state index in [0.717, 1.165) is 55.6 Å². The maximum Gasteiger partial charge on any atom is 0.416 e. The monoisotopic (exact) mass is 486 g/mol. The first kappa shape index (κ1) is 25.0. The quantitative estimate of drug-likeness (QED) is 0.366. The lowest BCUT2D eigenvalue weighted by Gasteiger charge is -2.47. The van der Waals surface area contributed by atoms with E-state index in [-0.39, 0.29) is 17.7 Å². The molecule has 186 valence electrons. The van der Waals surface area contributed by atoms with Crippen LogP contribution in [-0.2, 0) is 29.0 Å². The van der Waals surface area contributed by atoms with Crippen LogP contribution in [0.2, 0.25) is 0 Å². The Morgan fingerprint density at radius 1 is 0.912 bits per heavy atom. The minimum Gasteiger partial charge on any atom is -0.375 e. The largest absolute Gasteiger partial charge is 0.416 e. The smallest absolute Gasteiger partial charge is 0.375 e. The molecule has 0 bridgehead atoms. The fourth-order valence-corrected chi connectivity index (χ4v) is 5.57. The van der Waals surface area contributed by atoms with Crippen LogP contribution in [0, 0.1) is 0 Å². The van der Waals surface area contributed by atoms with Gasteiger partial charge in [0, 0.05) is 31.0 Å². The van der Waals surface area contributed by atoms with Crippen molar-refractivity contribution in [2.75, 3.05) is 13.2 Å². The molecular formula is C25H28F6N2O. The third kappa shape index (κ3) is 5.40. The number of benzene rings is 1. The second-order valence-corrected chi connectivity index (χ2v) is 9.48. The Labute approximate surface area is 194 Å². The highest BCUT2D eigenvalue weighted by Gasteiger charge is 2.48. The first-order valence-electron chi connectivity index (χ1n) is 11.6. The summed E-state index contributed by atoms with van der Waals surface area (Å²) in [6.45, 7) is 0.943. The van der Waals surface area contributed by atoms with Crippen LogP contribution in [0.4, 0.5) is 26.3 Å². The molecule has 0 unspecified atom stereocenters. The number of alkyl halides is 6. The predicted octanol–water partition coefficient (Wildman–Crippen LogP) is 6.66. The molecule has 1 aromatic carbocycles. The lowest BCUT2D eigenvalue weighted by Crippen LogP contribution is -2.47. The topological polar surface area (TPSA) is 34.2 Å². The van der Waals surface area contributed by atoms with Crippen LogP contribution in [0.15, 0.2) is 42.7 Å². The summed E-state index contributed by atoms with van der Waals surface area (Å²) in [5.41, 5.74) is -1.19. The third-order valence-corrected chi connectivity index (χ3v) is 7.29. The molecule has 2 aliphatic rings. The summed E-state index contributed by atoms with van der Waals surface area (Å²) >= 11 is 0. The van der Waals surface area contributed by atoms with Gasteiger partial charge in [0.05, 0.1) is 16.7 Å². The van der Waals surface area contributed by atoms with Gasteiger partial charge < -0.3 is 10.1 Å². The zero-order valence-electron chi connectivity index (χ0n) is 18.7. The minimum atomic E-state index is -4.46. The molecule has 3 nitrogen and oxygen atoms in total. The van der Waals surface area contributed by atoms with Gasteiger partial charge in [-0.2, -0.15) is 26.3 Å². The van der Waals surface area contributed by atoms with E-state index in [4.69, 9.17) is 4.74 Å². The van der Waals surface area contributed by atoms with Crippen molar-refractivity contribution in [3.63, 3.8) is 0 Å². The van der Waals surface area contributed by atoms with Crippen LogP contribution in [0.25, 0.3) is 0 Å². The van der Waals surface area contributed by atoms with Gasteiger partial charge in [0.15, 0.2) is 0 Å². The number of rotatable bonds is 6. The van der Waals surface area contributed by atoms with Gasteiger partial charge in [-0.1, -0.05) is 25.0 Å². The van der Waals surface area contributed by atoms with Gasteiger partial charge in [0.25, 0.3) is 0 Å². The van der Waals surface area contributed by atoms with Gasteiger partial charge in [0.1, 0.15) is 0 Å². The summed E-state index contributed by atoms with van der Waals surface area (Å²) in [4.78, 5) is 3.82. The van der Waals surface area contributed by atoms with Crippen LogP contribution in [-0.4, -0.2) is 23.7 Å². The summed E-state index contributed by atoms with van der Waals surface area (Å²) in [5.74, 6) is 0. The summed E-state index contributed by atoms with van der Waals surface area (Å²) in [5, 5.41) is 3.11. The molecule has 4 rings (SSSR count). The fourth-order valence-electron chi connectivity index (χ4n) is 5.57. The minimum absolute atomic E-state index is 0.00736. The molecule has 1 aromatic heterocycles. The molecule has 1 aliphatic carbocycles. The number of ether oxygens (including phenoxy) is 1. The first-order chi connectivity index (χ1) is 16.0. The number of halogens is 6. The second kappa shape index (κ2) is 9.49. The molecule has 1 aliphatic heterocycles. The van der Waals surface area contributed by atoms with Crippen molar-refractivity contribution in [2.24, 2.45) is 0 Å². The van der Waals surface area contributed by atoms with Crippen LogP contribution >= 0.6 is 0 Å². The highest BCUT2D eigenvalue weighted by atomic mass is 19.4. The standard InChI is InChI=1S/C25H28F6N2O/c26-24(27,28)20-5-3-19(4-6-20)22(11-14-34-23(17-22)8-1-2-9-23)10-13-33-16-18-15-32-12-7-21(18)25(29,30)31/h3-7,12,15,33H,1-2,8-11,13-14,16-17H2/t22-/m0/s1. The Morgan fingerprint density at radius 2 is 1.62 bits per heavy atom. The SMILES string of the molecule is FC(F)(F)c1ccc([C@@]2(CCNCc3cnccc3C(F)(F)F)CCOC3(CCCC3)C2)cc1. The number of pyridine rings is 1. The van der Waals surface area contributed by atoms with Crippen LogP contribution in [0.3, 0.4) is 0 Å². The van der Waals surface area contributed by atoms with Crippen molar-refractivity contribution in [3.05, 3.63) is 65.0 Å². The van der Waals surface area contributed by atoms with Gasteiger partial charge >= 0.3 is 12.4 Å². The number of hydrogen-bond acceptors (Lipinski definition) is 3. The molecule has 1 spiro atoms. The van der Waals surface area contributed by atoms with Gasteiger partial charge in [-0.05, 0) is 68.0 Å². The van der Waals surface area contributed by atoms with Crippen LogP contribution in [0.1, 0.15) is 67.2 Å². The number of aromatic nitrogens is 1. The Kier molecular flexibility index (Phi) is 6.97. The van der Waals surface area contributed by atoms with Crippen LogP contribution in [0.5, 0.6) is 0 Å². The third-order valence-electron chi connectivity index (χ3n) is 7.29. The Bertz CT molecular complexity index is 967. The van der Waals surface area contributed by atoms with Crippen molar-refractivity contribution >= 4 is 0 Å². The predicted molar refractivity (Wildman–Crippen MR) is 115 cm³/mol. The molecule has 2 fully saturated rings. The molecule has 1 saturated heterocycles. The van der Waals surface area contributed by atoms with E-state index < -0.39 is 28.9 Å². The molecule has 9 heteroatoms. The fraction of sp³-hybridized carbons (Fsp3) is 0.560. The Balaban J connectivity index is 1.52. The zero-order valence-corrected chi connectivity index (χ0v) is 18.7. The van der Waals surface area contributed by atoms with Crippen molar-refractivity contribution in [3.8, 4) is 0 Å². The summed E-state index contributed by atoms with van der Waals surface area (Å²) in [6, 6.07) is 6.31. The van der Waals surface area contributed by atoms with Crippen LogP contribution < -0.4 is 5.32 Å². The molecule has 1 N–H and O–H groups in total. The lowest BCUT2D eigenvalue weighted by atomic mass is 9.66. The maximum absolute atomic E-state index is 13.3. The summed E-state index contributed by atoms with van der Waals surface area (Å²) in [6.07, 6.45) is -0.627. The lowest BCUT2D eigenvalue weighted by molar-refractivity contribution is -0.138. The van der Waals surface area contributed by atoms with E-state index in [0.29, 0.717) is 32.4 Å². The normalized spacial score (nSPS) is 22.9. The highest BCUT2D eigenvalue weighted by molar-refractivity contribution is 5.32. The van der Waals surface area contributed by atoms with Crippen molar-refractivity contribution in [1.29, 1.82) is 0 Å². The molecule has 2 heterocycles. The van der Waals surface area contributed by atoms with Gasteiger partial charge in [-0.3, -0.25) is 4.98 Å². The number of nitrogens with one attached hydrogen (secondary N) is 1. The number of nitrogens with zero attached hydrogens (tertiary/aromatic N) is 1. The Hall–Kier alpha value is -2.13. The highest BCUT2D eigenvalue weighted by Crippen LogP contribution is 2.50. The molecular weight excluding hydrogens is 458 g/mol. The van der Waals surface area contributed by atoms with Crippen molar-refractivity contribution in [2.45, 2.75) is 74.9 Å². The van der Waals surface area contributed by atoms with Crippen molar-refractivity contribution < 1.29 is 31.1 Å². The van der Waals surface area contributed by atoms with E-state index in [9.17, 15) is 26.3 Å². The van der Waals surface area contributed by atoms with Gasteiger partial charge in [-0.25, -0.2) is 0 Å². The molecule has 34 heavy (non-hydrogen) atoms. The van der Waals surface area contributed by atoms with E-state index in [2.05, 4.69) is 10.3 Å². The number of hydrogen-bond donors (Lipinski definition) is 1. The van der Waals surface area contributed by atoms with Gasteiger partial charge in [0.2, 0.25) is 0 Å². The molecule has 0 radical (unpaired) electrons. The maximum atomic E-state index is 13.3. The molecule has 2 aromatic rings. The van der Waals surface area contributed by atoms with E-state index in [1.165, 1.54) is 6.20 Å². The average Bonchev–Trinajstić information content (AvgIpc) is 3.23. The molecule has 0 amide bonds. The molecule has 1 atom stereocenters. The van der Waals surface area contributed by atoms with Crippen molar-refractivity contribution in [1.82, 2.24) is 10.3 Å². The van der Waals surface area contributed by atoms with E-state index in [1.54, 1.807) is 12.1 Å². The van der Waals surface area contributed by atoms with E-state index >= 15 is 0 Å². The van der Waals surface area contributed by atoms with E-state index in [1.807, 2.05) is 0 Å². The average molecular weight is 487 g/mol. The van der Waals surface area contributed by atoms with Gasteiger partial charge in [-0.15, -0.1) is 0 Å². The Morgan fingerprint density at radius 3 is 2.26 bits per heavy atom. The second-order valence-electron chi connectivity index (χ2n) is 9.48. The zero-order chi connectivity index (χ0) is 24.5. The molecule has 1 saturated carbocycles.